The number of carbonyl (C=O) groups is 1. The first kappa shape index (κ1) is 17.5. The number of hydrogen-bond acceptors (Lipinski definition) is 5. The SMILES string of the molecule is CCOC(=O)C[C@H]1c2ccccc2S[C@H](c2ccccc2)[C@H]1[N+](=O)[O-]. The fourth-order valence-electron chi connectivity index (χ4n) is 3.29. The van der Waals surface area contributed by atoms with Crippen molar-refractivity contribution in [1.29, 1.82) is 0 Å². The summed E-state index contributed by atoms with van der Waals surface area (Å²) in [5.74, 6) is -0.899. The number of nitro groups is 1. The van der Waals surface area contributed by atoms with E-state index in [1.54, 1.807) is 6.92 Å². The summed E-state index contributed by atoms with van der Waals surface area (Å²) in [5, 5.41) is 11.6. The van der Waals surface area contributed by atoms with E-state index in [1.807, 2.05) is 54.6 Å². The van der Waals surface area contributed by atoms with Crippen molar-refractivity contribution in [1.82, 2.24) is 0 Å². The minimum atomic E-state index is -0.883. The van der Waals surface area contributed by atoms with Crippen LogP contribution in [0.5, 0.6) is 0 Å². The van der Waals surface area contributed by atoms with E-state index >= 15 is 0 Å². The fraction of sp³-hybridized carbons (Fsp3) is 0.316. The molecule has 5 nitrogen and oxygen atoms in total. The Balaban J connectivity index is 2.05. The van der Waals surface area contributed by atoms with Crippen LogP contribution in [0.15, 0.2) is 59.5 Å². The maximum absolute atomic E-state index is 12.1. The predicted octanol–water partition coefficient (Wildman–Crippen LogP) is 4.22. The van der Waals surface area contributed by atoms with Crippen LogP contribution >= 0.6 is 11.8 Å². The van der Waals surface area contributed by atoms with E-state index in [9.17, 15) is 14.9 Å². The molecule has 3 atom stereocenters. The number of fused-ring (bicyclic) bond motifs is 1. The lowest BCUT2D eigenvalue weighted by Gasteiger charge is -2.33. The van der Waals surface area contributed by atoms with Crippen LogP contribution in [0.2, 0.25) is 0 Å². The molecule has 0 N–H and O–H groups in total. The van der Waals surface area contributed by atoms with E-state index < -0.39 is 17.9 Å². The highest BCUT2D eigenvalue weighted by Gasteiger charge is 2.47. The number of carbonyl (C=O) groups excluding carboxylic acids is 1. The third kappa shape index (κ3) is 3.69. The first-order valence-electron chi connectivity index (χ1n) is 8.21. The summed E-state index contributed by atoms with van der Waals surface area (Å²) in [7, 11) is 0. The third-order valence-corrected chi connectivity index (χ3v) is 5.79. The number of nitrogens with zero attached hydrogens (tertiary/aromatic N) is 1. The van der Waals surface area contributed by atoms with Crippen LogP contribution in [0.1, 0.15) is 35.6 Å². The zero-order chi connectivity index (χ0) is 17.8. The topological polar surface area (TPSA) is 69.4 Å². The van der Waals surface area contributed by atoms with Crippen molar-refractivity contribution in [3.63, 3.8) is 0 Å². The smallest absolute Gasteiger partial charge is 0.306 e. The van der Waals surface area contributed by atoms with Gasteiger partial charge in [-0.05, 0) is 24.1 Å². The average molecular weight is 357 g/mol. The highest BCUT2D eigenvalue weighted by Crippen LogP contribution is 2.51. The zero-order valence-electron chi connectivity index (χ0n) is 13.8. The van der Waals surface area contributed by atoms with E-state index in [4.69, 9.17) is 4.74 Å². The number of benzene rings is 2. The minimum Gasteiger partial charge on any atom is -0.466 e. The summed E-state index contributed by atoms with van der Waals surface area (Å²) in [6.07, 6.45) is 0.0143. The Labute approximate surface area is 150 Å². The maximum Gasteiger partial charge on any atom is 0.306 e. The Morgan fingerprint density at radius 3 is 2.52 bits per heavy atom. The van der Waals surface area contributed by atoms with Crippen LogP contribution in [0, 0.1) is 10.1 Å². The van der Waals surface area contributed by atoms with Gasteiger partial charge in [-0.15, -0.1) is 11.8 Å². The monoisotopic (exact) mass is 357 g/mol. The molecule has 25 heavy (non-hydrogen) atoms. The lowest BCUT2D eigenvalue weighted by atomic mass is 9.84. The lowest BCUT2D eigenvalue weighted by Crippen LogP contribution is -2.37. The van der Waals surface area contributed by atoms with Gasteiger partial charge in [0.1, 0.15) is 5.25 Å². The van der Waals surface area contributed by atoms with Gasteiger partial charge in [-0.25, -0.2) is 0 Å². The number of esters is 1. The molecule has 0 amide bonds. The van der Waals surface area contributed by atoms with Crippen molar-refractivity contribution in [2.45, 2.75) is 35.4 Å². The van der Waals surface area contributed by atoms with Gasteiger partial charge in [-0.2, -0.15) is 0 Å². The van der Waals surface area contributed by atoms with Gasteiger partial charge in [-0.3, -0.25) is 14.9 Å². The molecule has 2 aromatic rings. The first-order valence-corrected chi connectivity index (χ1v) is 9.09. The zero-order valence-corrected chi connectivity index (χ0v) is 14.6. The molecule has 0 aromatic heterocycles. The molecular formula is C19H19NO4S. The molecule has 0 radical (unpaired) electrons. The van der Waals surface area contributed by atoms with Crippen molar-refractivity contribution in [2.24, 2.45) is 0 Å². The quantitative estimate of drug-likeness (QED) is 0.455. The second kappa shape index (κ2) is 7.70. The standard InChI is InChI=1S/C19H19NO4S/c1-2-24-17(21)12-15-14-10-6-7-11-16(14)25-19(18(15)20(22)23)13-8-4-3-5-9-13/h3-11,15,18-19H,2,12H2,1H3/t15-,18-,19+/m0/s1. The summed E-state index contributed by atoms with van der Waals surface area (Å²) < 4.78 is 5.06. The van der Waals surface area contributed by atoms with E-state index in [0.29, 0.717) is 0 Å². The normalized spacial score (nSPS) is 22.0. The summed E-state index contributed by atoms with van der Waals surface area (Å²) in [6.45, 7) is 2.01. The van der Waals surface area contributed by atoms with Crippen LogP contribution in [-0.2, 0) is 9.53 Å². The van der Waals surface area contributed by atoms with Gasteiger partial charge in [-0.1, -0.05) is 48.5 Å². The second-order valence-electron chi connectivity index (χ2n) is 5.88. The summed E-state index contributed by atoms with van der Waals surface area (Å²) in [5.41, 5.74) is 1.76. The van der Waals surface area contributed by atoms with E-state index in [1.165, 1.54) is 11.8 Å². The van der Waals surface area contributed by atoms with Gasteiger partial charge in [0.25, 0.3) is 0 Å². The average Bonchev–Trinajstić information content (AvgIpc) is 2.62. The molecule has 130 valence electrons. The molecular weight excluding hydrogens is 338 g/mol. The Bertz CT molecular complexity index is 765. The van der Waals surface area contributed by atoms with Crippen molar-refractivity contribution in [2.75, 3.05) is 6.61 Å². The van der Waals surface area contributed by atoms with Gasteiger partial charge < -0.3 is 4.74 Å². The van der Waals surface area contributed by atoms with Crippen molar-refractivity contribution in [3.8, 4) is 0 Å². The van der Waals surface area contributed by atoms with Crippen molar-refractivity contribution in [3.05, 3.63) is 75.8 Å². The molecule has 0 saturated carbocycles. The third-order valence-electron chi connectivity index (χ3n) is 4.36. The number of ether oxygens (including phenoxy) is 1. The molecule has 1 aliphatic rings. The molecule has 1 aliphatic heterocycles. The minimum absolute atomic E-state index is 0.0143. The number of thioether (sulfide) groups is 1. The molecule has 0 fully saturated rings. The lowest BCUT2D eigenvalue weighted by molar-refractivity contribution is -0.527. The molecule has 0 bridgehead atoms. The first-order chi connectivity index (χ1) is 12.1. The molecule has 3 rings (SSSR count). The van der Waals surface area contributed by atoms with Gasteiger partial charge in [0.05, 0.1) is 18.9 Å². The summed E-state index contributed by atoms with van der Waals surface area (Å²) >= 11 is 1.50. The molecule has 2 aromatic carbocycles. The van der Waals surface area contributed by atoms with Crippen LogP contribution in [0.4, 0.5) is 0 Å². The maximum atomic E-state index is 12.1. The summed E-state index contributed by atoms with van der Waals surface area (Å²) in [6, 6.07) is 16.2. The van der Waals surface area contributed by atoms with Gasteiger partial charge in [0, 0.05) is 9.82 Å². The fourth-order valence-corrected chi connectivity index (χ4v) is 4.80. The van der Waals surface area contributed by atoms with Gasteiger partial charge in [0.2, 0.25) is 6.04 Å². The van der Waals surface area contributed by atoms with Crippen molar-refractivity contribution < 1.29 is 14.5 Å². The van der Waals surface area contributed by atoms with Gasteiger partial charge in [0.15, 0.2) is 0 Å². The second-order valence-corrected chi connectivity index (χ2v) is 7.06. The highest BCUT2D eigenvalue weighted by atomic mass is 32.2. The number of rotatable bonds is 5. The van der Waals surface area contributed by atoms with Gasteiger partial charge >= 0.3 is 5.97 Å². The van der Waals surface area contributed by atoms with Crippen molar-refractivity contribution >= 4 is 17.7 Å². The molecule has 0 unspecified atom stereocenters. The molecule has 0 spiro atoms. The van der Waals surface area contributed by atoms with E-state index in [2.05, 4.69) is 0 Å². The molecule has 0 saturated heterocycles. The Morgan fingerprint density at radius 1 is 1.16 bits per heavy atom. The molecule has 1 heterocycles. The van der Waals surface area contributed by atoms with Crippen LogP contribution in [0.3, 0.4) is 0 Å². The Morgan fingerprint density at radius 2 is 1.84 bits per heavy atom. The largest absolute Gasteiger partial charge is 0.466 e. The highest BCUT2D eigenvalue weighted by molar-refractivity contribution is 7.99. The van der Waals surface area contributed by atoms with Crippen LogP contribution in [-0.4, -0.2) is 23.5 Å². The van der Waals surface area contributed by atoms with E-state index in [0.717, 1.165) is 16.0 Å². The Hall–Kier alpha value is -2.34. The van der Waals surface area contributed by atoms with Crippen LogP contribution < -0.4 is 0 Å². The number of hydrogen-bond donors (Lipinski definition) is 0. The summed E-state index contributed by atoms with van der Waals surface area (Å²) in [4.78, 5) is 24.8. The Kier molecular flexibility index (Phi) is 5.38. The van der Waals surface area contributed by atoms with E-state index in [-0.39, 0.29) is 23.2 Å². The van der Waals surface area contributed by atoms with Crippen LogP contribution in [0.25, 0.3) is 0 Å². The molecule has 6 heteroatoms. The predicted molar refractivity (Wildman–Crippen MR) is 96.3 cm³/mol. The molecule has 0 aliphatic carbocycles.